The number of fused-ring (bicyclic) bond motifs is 1. The van der Waals surface area contributed by atoms with Crippen LogP contribution in [0, 0.1) is 11.8 Å². The standard InChI is InChI=1S/C24H29N3O4S2/c1-5-27-22-20(31-4)7-6-8-21(22)32-24(27)25-23(28)18-9-11-19(12-10-18)33(29,30)26-14-16(2)13-17(3)15-26/h6-12,16-17H,5,13-15H2,1-4H3/t16-,17+. The number of aryl methyl sites for hydroxylation is 1. The highest BCUT2D eigenvalue weighted by molar-refractivity contribution is 7.89. The number of hydrogen-bond acceptors (Lipinski definition) is 5. The molecule has 2 aromatic carbocycles. The summed E-state index contributed by atoms with van der Waals surface area (Å²) in [5, 5.41) is 0. The molecule has 1 saturated heterocycles. The van der Waals surface area contributed by atoms with Gasteiger partial charge in [-0.3, -0.25) is 4.79 Å². The van der Waals surface area contributed by atoms with Gasteiger partial charge in [0, 0.05) is 25.2 Å². The molecule has 0 spiro atoms. The number of hydrogen-bond donors (Lipinski definition) is 0. The fraction of sp³-hybridized carbons (Fsp3) is 0.417. The van der Waals surface area contributed by atoms with E-state index in [1.165, 1.54) is 23.5 Å². The Labute approximate surface area is 198 Å². The first-order valence-corrected chi connectivity index (χ1v) is 13.4. The number of methoxy groups -OCH3 is 1. The van der Waals surface area contributed by atoms with Crippen LogP contribution in [0.1, 0.15) is 37.6 Å². The van der Waals surface area contributed by atoms with Crippen LogP contribution in [0.2, 0.25) is 0 Å². The average Bonchev–Trinajstić information content (AvgIpc) is 3.15. The Morgan fingerprint density at radius 2 is 1.79 bits per heavy atom. The molecule has 9 heteroatoms. The lowest BCUT2D eigenvalue weighted by atomic mass is 9.94. The van der Waals surface area contributed by atoms with Gasteiger partial charge in [-0.1, -0.05) is 31.3 Å². The van der Waals surface area contributed by atoms with Crippen LogP contribution in [0.5, 0.6) is 5.75 Å². The van der Waals surface area contributed by atoms with Crippen molar-refractivity contribution in [3.63, 3.8) is 0 Å². The summed E-state index contributed by atoms with van der Waals surface area (Å²) in [4.78, 5) is 18.0. The van der Waals surface area contributed by atoms with Gasteiger partial charge in [0.15, 0.2) is 4.80 Å². The molecule has 1 fully saturated rings. The summed E-state index contributed by atoms with van der Waals surface area (Å²) in [6, 6.07) is 11.9. The van der Waals surface area contributed by atoms with Gasteiger partial charge in [-0.15, -0.1) is 0 Å². The van der Waals surface area contributed by atoms with E-state index in [1.54, 1.807) is 23.5 Å². The van der Waals surface area contributed by atoms with Crippen LogP contribution in [-0.2, 0) is 16.6 Å². The molecular formula is C24H29N3O4S2. The number of nitrogens with zero attached hydrogens (tertiary/aromatic N) is 3. The Hall–Kier alpha value is -2.49. The smallest absolute Gasteiger partial charge is 0.279 e. The van der Waals surface area contributed by atoms with Gasteiger partial charge in [0.05, 0.1) is 16.7 Å². The SMILES string of the molecule is CCn1c(=NC(=O)c2ccc(S(=O)(=O)N3C[C@H](C)C[C@H](C)C3)cc2)sc2cccc(OC)c21. The maximum Gasteiger partial charge on any atom is 0.279 e. The van der Waals surface area contributed by atoms with E-state index >= 15 is 0 Å². The summed E-state index contributed by atoms with van der Waals surface area (Å²) in [7, 11) is -1.97. The quantitative estimate of drug-likeness (QED) is 0.542. The van der Waals surface area contributed by atoms with Crippen LogP contribution < -0.4 is 9.54 Å². The van der Waals surface area contributed by atoms with Gasteiger partial charge in [0.1, 0.15) is 11.3 Å². The van der Waals surface area contributed by atoms with Crippen molar-refractivity contribution in [2.24, 2.45) is 16.8 Å². The Bertz CT molecular complexity index is 1330. The Balaban J connectivity index is 1.64. The maximum atomic E-state index is 13.1. The van der Waals surface area contributed by atoms with Crippen molar-refractivity contribution in [3.05, 3.63) is 52.8 Å². The first kappa shape index (κ1) is 23.7. The topological polar surface area (TPSA) is 81.0 Å². The molecule has 2 atom stereocenters. The Morgan fingerprint density at radius 3 is 2.39 bits per heavy atom. The summed E-state index contributed by atoms with van der Waals surface area (Å²) >= 11 is 1.42. The number of carbonyl (C=O) groups excluding carboxylic acids is 1. The monoisotopic (exact) mass is 487 g/mol. The normalized spacial score (nSPS) is 20.3. The molecule has 0 radical (unpaired) electrons. The van der Waals surface area contributed by atoms with Gasteiger partial charge in [0.25, 0.3) is 5.91 Å². The zero-order valence-electron chi connectivity index (χ0n) is 19.3. The summed E-state index contributed by atoms with van der Waals surface area (Å²) < 4.78 is 36.2. The maximum absolute atomic E-state index is 13.1. The van der Waals surface area contributed by atoms with Crippen molar-refractivity contribution >= 4 is 37.5 Å². The molecule has 0 N–H and O–H groups in total. The lowest BCUT2D eigenvalue weighted by molar-refractivity contribution is 0.0997. The fourth-order valence-electron chi connectivity index (χ4n) is 4.51. The fourth-order valence-corrected chi connectivity index (χ4v) is 7.30. The van der Waals surface area contributed by atoms with Crippen molar-refractivity contribution in [1.82, 2.24) is 8.87 Å². The van der Waals surface area contributed by atoms with Gasteiger partial charge in [-0.25, -0.2) is 8.42 Å². The van der Waals surface area contributed by atoms with Crippen molar-refractivity contribution in [3.8, 4) is 5.75 Å². The predicted molar refractivity (Wildman–Crippen MR) is 130 cm³/mol. The average molecular weight is 488 g/mol. The lowest BCUT2D eigenvalue weighted by Gasteiger charge is -2.34. The number of rotatable bonds is 5. The van der Waals surface area contributed by atoms with Crippen LogP contribution in [0.4, 0.5) is 0 Å². The number of sulfonamides is 1. The van der Waals surface area contributed by atoms with E-state index in [4.69, 9.17) is 4.74 Å². The highest BCUT2D eigenvalue weighted by atomic mass is 32.2. The minimum Gasteiger partial charge on any atom is -0.495 e. The third-order valence-electron chi connectivity index (χ3n) is 5.97. The molecule has 4 rings (SSSR count). The van der Waals surface area contributed by atoms with E-state index < -0.39 is 15.9 Å². The van der Waals surface area contributed by atoms with Crippen molar-refractivity contribution in [2.45, 2.75) is 38.6 Å². The summed E-state index contributed by atoms with van der Waals surface area (Å²) in [6.07, 6.45) is 1.03. The van der Waals surface area contributed by atoms with Crippen LogP contribution in [-0.4, -0.2) is 43.4 Å². The molecule has 0 saturated carbocycles. The molecule has 0 unspecified atom stereocenters. The summed E-state index contributed by atoms with van der Waals surface area (Å²) in [6.45, 7) is 7.83. The second kappa shape index (κ2) is 9.40. The second-order valence-electron chi connectivity index (χ2n) is 8.65. The van der Waals surface area contributed by atoms with Gasteiger partial charge in [-0.05, 0) is 61.6 Å². The molecule has 0 bridgehead atoms. The van der Waals surface area contributed by atoms with Gasteiger partial charge >= 0.3 is 0 Å². The number of amides is 1. The van der Waals surface area contributed by atoms with E-state index in [0.29, 0.717) is 41.8 Å². The molecule has 0 aliphatic carbocycles. The molecular weight excluding hydrogens is 458 g/mol. The van der Waals surface area contributed by atoms with E-state index in [-0.39, 0.29) is 4.90 Å². The third-order valence-corrected chi connectivity index (χ3v) is 8.86. The highest BCUT2D eigenvalue weighted by Gasteiger charge is 2.31. The van der Waals surface area contributed by atoms with Gasteiger partial charge in [0.2, 0.25) is 10.0 Å². The Kier molecular flexibility index (Phi) is 6.74. The van der Waals surface area contributed by atoms with Crippen LogP contribution in [0.15, 0.2) is 52.4 Å². The van der Waals surface area contributed by atoms with E-state index in [1.807, 2.05) is 29.7 Å². The molecule has 2 heterocycles. The van der Waals surface area contributed by atoms with Gasteiger partial charge < -0.3 is 9.30 Å². The number of thiazole rings is 1. The first-order chi connectivity index (χ1) is 15.7. The van der Waals surface area contributed by atoms with Crippen LogP contribution >= 0.6 is 11.3 Å². The van der Waals surface area contributed by atoms with Gasteiger partial charge in [-0.2, -0.15) is 9.30 Å². The number of para-hydroxylation sites is 1. The Morgan fingerprint density at radius 1 is 1.12 bits per heavy atom. The molecule has 3 aromatic rings. The number of benzene rings is 2. The third kappa shape index (κ3) is 4.62. The summed E-state index contributed by atoms with van der Waals surface area (Å²) in [5.41, 5.74) is 1.26. The van der Waals surface area contributed by atoms with Crippen molar-refractivity contribution < 1.29 is 17.9 Å². The predicted octanol–water partition coefficient (Wildman–Crippen LogP) is 4.14. The molecule has 33 heavy (non-hydrogen) atoms. The molecule has 1 aromatic heterocycles. The number of piperidine rings is 1. The van der Waals surface area contributed by atoms with E-state index in [9.17, 15) is 13.2 Å². The first-order valence-electron chi connectivity index (χ1n) is 11.1. The van der Waals surface area contributed by atoms with E-state index in [2.05, 4.69) is 18.8 Å². The van der Waals surface area contributed by atoms with Crippen LogP contribution in [0.3, 0.4) is 0 Å². The minimum atomic E-state index is -3.59. The molecule has 1 aliphatic rings. The van der Waals surface area contributed by atoms with Crippen LogP contribution in [0.25, 0.3) is 10.2 Å². The number of ether oxygens (including phenoxy) is 1. The second-order valence-corrected chi connectivity index (χ2v) is 11.6. The minimum absolute atomic E-state index is 0.204. The highest BCUT2D eigenvalue weighted by Crippen LogP contribution is 2.28. The lowest BCUT2D eigenvalue weighted by Crippen LogP contribution is -2.42. The zero-order chi connectivity index (χ0) is 23.8. The van der Waals surface area contributed by atoms with Crippen molar-refractivity contribution in [1.29, 1.82) is 0 Å². The number of aromatic nitrogens is 1. The van der Waals surface area contributed by atoms with Crippen molar-refractivity contribution in [2.75, 3.05) is 20.2 Å². The molecule has 7 nitrogen and oxygen atoms in total. The zero-order valence-corrected chi connectivity index (χ0v) is 20.9. The summed E-state index contributed by atoms with van der Waals surface area (Å²) in [5.74, 6) is 0.976. The van der Waals surface area contributed by atoms with E-state index in [0.717, 1.165) is 22.4 Å². The molecule has 1 amide bonds. The number of carbonyl (C=O) groups is 1. The largest absolute Gasteiger partial charge is 0.495 e. The molecule has 1 aliphatic heterocycles. The molecule has 176 valence electrons.